The predicted octanol–water partition coefficient (Wildman–Crippen LogP) is 1.25. The lowest BCUT2D eigenvalue weighted by Crippen LogP contribution is -2.32. The molecule has 0 unspecified atom stereocenters. The number of amides is 1. The number of carbonyl (C=O) groups is 2. The third kappa shape index (κ3) is 3.47. The first-order valence-corrected chi connectivity index (χ1v) is 5.51. The molecular weight excluding hydrogens is 270 g/mol. The maximum atomic E-state index is 10.6. The van der Waals surface area contributed by atoms with Crippen LogP contribution in [-0.4, -0.2) is 23.5 Å². The second-order valence-corrected chi connectivity index (χ2v) is 4.45. The highest BCUT2D eigenvalue weighted by molar-refractivity contribution is 9.10. The number of hydrogen-bond acceptors (Lipinski definition) is 3. The summed E-state index contributed by atoms with van der Waals surface area (Å²) in [6.45, 7) is 0.345. The normalized spacial score (nSPS) is 9.79. The zero-order valence-corrected chi connectivity index (χ0v) is 9.52. The molecule has 76 valence electrons. The summed E-state index contributed by atoms with van der Waals surface area (Å²) in [5.41, 5.74) is 0. The van der Waals surface area contributed by atoms with Crippen LogP contribution >= 0.6 is 27.3 Å². The Kier molecular flexibility index (Phi) is 4.09. The molecule has 0 aliphatic heterocycles. The molecule has 2 N–H and O–H groups in total. The van der Waals surface area contributed by atoms with Crippen molar-refractivity contribution in [2.24, 2.45) is 0 Å². The van der Waals surface area contributed by atoms with Gasteiger partial charge in [-0.25, -0.2) is 4.79 Å². The van der Waals surface area contributed by atoms with Gasteiger partial charge in [0, 0.05) is 21.3 Å². The van der Waals surface area contributed by atoms with Crippen LogP contribution < -0.4 is 5.32 Å². The Hall–Kier alpha value is -0.880. The minimum absolute atomic E-state index is 0.345. The van der Waals surface area contributed by atoms with Gasteiger partial charge < -0.3 is 10.4 Å². The molecule has 0 radical (unpaired) electrons. The number of halogens is 1. The molecule has 0 atom stereocenters. The number of aliphatic carboxylic acids is 1. The molecule has 4 nitrogen and oxygen atoms in total. The lowest BCUT2D eigenvalue weighted by atomic mass is 10.3. The van der Waals surface area contributed by atoms with E-state index in [0.717, 1.165) is 9.35 Å². The number of carboxylic acid groups (broad SMARTS) is 1. The van der Waals surface area contributed by atoms with E-state index in [4.69, 9.17) is 5.11 Å². The van der Waals surface area contributed by atoms with Crippen LogP contribution in [0.5, 0.6) is 0 Å². The number of thiophene rings is 1. The number of carbonyl (C=O) groups excluding carboxylic acids is 1. The molecule has 0 bridgehead atoms. The smallest absolute Gasteiger partial charge is 0.394 e. The maximum absolute atomic E-state index is 10.6. The first kappa shape index (κ1) is 11.2. The van der Waals surface area contributed by atoms with Gasteiger partial charge in [0.25, 0.3) is 0 Å². The van der Waals surface area contributed by atoms with Crippen LogP contribution in [0.15, 0.2) is 15.9 Å². The molecule has 0 spiro atoms. The van der Waals surface area contributed by atoms with Crippen LogP contribution in [0, 0.1) is 0 Å². The van der Waals surface area contributed by atoms with Gasteiger partial charge in [0.1, 0.15) is 0 Å². The molecule has 6 heteroatoms. The summed E-state index contributed by atoms with van der Waals surface area (Å²) in [5, 5.41) is 12.5. The fourth-order valence-corrected chi connectivity index (χ4v) is 2.31. The lowest BCUT2D eigenvalue weighted by Gasteiger charge is -1.99. The Labute approximate surface area is 93.1 Å². The quantitative estimate of drug-likeness (QED) is 0.818. The van der Waals surface area contributed by atoms with E-state index in [0.29, 0.717) is 13.0 Å². The van der Waals surface area contributed by atoms with Crippen molar-refractivity contribution < 1.29 is 14.7 Å². The van der Waals surface area contributed by atoms with Crippen molar-refractivity contribution in [2.45, 2.75) is 6.42 Å². The average Bonchev–Trinajstić information content (AvgIpc) is 2.51. The minimum atomic E-state index is -1.45. The van der Waals surface area contributed by atoms with Crippen molar-refractivity contribution in [2.75, 3.05) is 6.54 Å². The van der Waals surface area contributed by atoms with E-state index < -0.39 is 11.9 Å². The zero-order valence-electron chi connectivity index (χ0n) is 7.12. The molecule has 0 aliphatic rings. The van der Waals surface area contributed by atoms with Gasteiger partial charge in [0.2, 0.25) is 0 Å². The van der Waals surface area contributed by atoms with Gasteiger partial charge in [0.05, 0.1) is 0 Å². The summed E-state index contributed by atoms with van der Waals surface area (Å²) in [4.78, 5) is 21.9. The van der Waals surface area contributed by atoms with E-state index in [9.17, 15) is 9.59 Å². The van der Waals surface area contributed by atoms with E-state index in [1.165, 1.54) is 0 Å². The Balaban J connectivity index is 2.29. The summed E-state index contributed by atoms with van der Waals surface area (Å²) in [6, 6.07) is 1.94. The number of rotatable bonds is 3. The first-order chi connectivity index (χ1) is 6.59. The van der Waals surface area contributed by atoms with E-state index in [2.05, 4.69) is 21.2 Å². The minimum Gasteiger partial charge on any atom is -0.474 e. The highest BCUT2D eigenvalue weighted by Crippen LogP contribution is 2.19. The third-order valence-corrected chi connectivity index (χ3v) is 3.23. The van der Waals surface area contributed by atoms with Gasteiger partial charge in [-0.15, -0.1) is 11.3 Å². The summed E-state index contributed by atoms with van der Waals surface area (Å²) in [7, 11) is 0. The van der Waals surface area contributed by atoms with Crippen molar-refractivity contribution in [3.8, 4) is 0 Å². The Bertz CT molecular complexity index is 350. The van der Waals surface area contributed by atoms with Gasteiger partial charge in [-0.3, -0.25) is 4.79 Å². The molecule has 14 heavy (non-hydrogen) atoms. The first-order valence-electron chi connectivity index (χ1n) is 3.83. The zero-order chi connectivity index (χ0) is 10.6. The van der Waals surface area contributed by atoms with E-state index >= 15 is 0 Å². The monoisotopic (exact) mass is 277 g/mol. The summed E-state index contributed by atoms with van der Waals surface area (Å²) in [6.07, 6.45) is 0.648. The van der Waals surface area contributed by atoms with Crippen LogP contribution in [0.4, 0.5) is 0 Å². The maximum Gasteiger partial charge on any atom is 0.394 e. The molecule has 0 fully saturated rings. The Morgan fingerprint density at radius 1 is 1.57 bits per heavy atom. The molecule has 1 rings (SSSR count). The van der Waals surface area contributed by atoms with Crippen molar-refractivity contribution in [3.05, 3.63) is 20.8 Å². The molecule has 1 aromatic heterocycles. The number of carboxylic acids is 1. The molecule has 1 amide bonds. The summed E-state index contributed by atoms with van der Waals surface area (Å²) in [5.74, 6) is -2.40. The molecule has 0 aliphatic carbocycles. The molecule has 1 aromatic rings. The largest absolute Gasteiger partial charge is 0.474 e. The van der Waals surface area contributed by atoms with Gasteiger partial charge in [-0.1, -0.05) is 0 Å². The van der Waals surface area contributed by atoms with Crippen LogP contribution in [0.1, 0.15) is 4.88 Å². The summed E-state index contributed by atoms with van der Waals surface area (Å²) >= 11 is 4.87. The highest BCUT2D eigenvalue weighted by Gasteiger charge is 2.09. The molecule has 0 aromatic carbocycles. The molecular formula is C8H8BrNO3S. The SMILES string of the molecule is O=C(O)C(=O)NCCc1cc(Br)cs1. The second-order valence-electron chi connectivity index (χ2n) is 2.54. The second kappa shape index (κ2) is 5.11. The van der Waals surface area contributed by atoms with E-state index in [1.54, 1.807) is 11.3 Å². The van der Waals surface area contributed by atoms with Crippen LogP contribution in [0.25, 0.3) is 0 Å². The Morgan fingerprint density at radius 3 is 2.79 bits per heavy atom. The standard InChI is InChI=1S/C8H8BrNO3S/c9-5-3-6(14-4-5)1-2-10-7(11)8(12)13/h3-4H,1-2H2,(H,10,11)(H,12,13). The Morgan fingerprint density at radius 2 is 2.29 bits per heavy atom. The van der Waals surface area contributed by atoms with Crippen LogP contribution in [0.2, 0.25) is 0 Å². The topological polar surface area (TPSA) is 66.4 Å². The fraction of sp³-hybridized carbons (Fsp3) is 0.250. The van der Waals surface area contributed by atoms with Crippen molar-refractivity contribution in [1.29, 1.82) is 0 Å². The van der Waals surface area contributed by atoms with Gasteiger partial charge >= 0.3 is 11.9 Å². The van der Waals surface area contributed by atoms with Gasteiger partial charge in [-0.2, -0.15) is 0 Å². The summed E-state index contributed by atoms with van der Waals surface area (Å²) < 4.78 is 1.00. The van der Waals surface area contributed by atoms with Gasteiger partial charge in [-0.05, 0) is 28.4 Å². The lowest BCUT2D eigenvalue weighted by molar-refractivity contribution is -0.150. The number of nitrogens with one attached hydrogen (secondary N) is 1. The molecule has 0 saturated heterocycles. The third-order valence-electron chi connectivity index (χ3n) is 1.47. The van der Waals surface area contributed by atoms with Gasteiger partial charge in [0.15, 0.2) is 0 Å². The number of hydrogen-bond donors (Lipinski definition) is 2. The van der Waals surface area contributed by atoms with Crippen molar-refractivity contribution in [1.82, 2.24) is 5.32 Å². The van der Waals surface area contributed by atoms with Crippen molar-refractivity contribution >= 4 is 39.1 Å². The van der Waals surface area contributed by atoms with Crippen LogP contribution in [0.3, 0.4) is 0 Å². The molecule has 0 saturated carbocycles. The highest BCUT2D eigenvalue weighted by atomic mass is 79.9. The van der Waals surface area contributed by atoms with E-state index in [1.807, 2.05) is 11.4 Å². The predicted molar refractivity (Wildman–Crippen MR) is 56.4 cm³/mol. The van der Waals surface area contributed by atoms with Crippen molar-refractivity contribution in [3.63, 3.8) is 0 Å². The average molecular weight is 278 g/mol. The van der Waals surface area contributed by atoms with E-state index in [-0.39, 0.29) is 0 Å². The molecule has 1 heterocycles. The fourth-order valence-electron chi connectivity index (χ4n) is 0.860. The van der Waals surface area contributed by atoms with Crippen LogP contribution in [-0.2, 0) is 16.0 Å².